The maximum Gasteiger partial charge on any atom is 0.250 e. The monoisotopic (exact) mass is 234 g/mol. The molecule has 0 aromatic heterocycles. The van der Waals surface area contributed by atoms with Gasteiger partial charge >= 0.3 is 0 Å². The van der Waals surface area contributed by atoms with Crippen LogP contribution in [0.2, 0.25) is 0 Å². The molecular formula is C12H24F2N2. The molecule has 0 aromatic carbocycles. The molecule has 1 fully saturated rings. The van der Waals surface area contributed by atoms with E-state index in [0.29, 0.717) is 12.5 Å². The number of halogens is 2. The van der Waals surface area contributed by atoms with E-state index in [-0.39, 0.29) is 12.1 Å². The van der Waals surface area contributed by atoms with Crippen molar-refractivity contribution < 1.29 is 8.78 Å². The fourth-order valence-electron chi connectivity index (χ4n) is 2.61. The molecule has 16 heavy (non-hydrogen) atoms. The lowest BCUT2D eigenvalue weighted by molar-refractivity contribution is 0.106. The lowest BCUT2D eigenvalue weighted by Gasteiger charge is -2.41. The van der Waals surface area contributed by atoms with E-state index in [4.69, 9.17) is 5.73 Å². The summed E-state index contributed by atoms with van der Waals surface area (Å²) in [5, 5.41) is 2.97. The van der Waals surface area contributed by atoms with Crippen LogP contribution in [0.1, 0.15) is 39.5 Å². The van der Waals surface area contributed by atoms with Crippen LogP contribution in [0.25, 0.3) is 0 Å². The summed E-state index contributed by atoms with van der Waals surface area (Å²) in [6.07, 6.45) is 1.78. The Labute approximate surface area is 97.0 Å². The Kier molecular flexibility index (Phi) is 5.12. The van der Waals surface area contributed by atoms with Gasteiger partial charge in [-0.1, -0.05) is 13.8 Å². The zero-order valence-electron chi connectivity index (χ0n) is 10.3. The van der Waals surface area contributed by atoms with Crippen LogP contribution in [-0.4, -0.2) is 25.1 Å². The topological polar surface area (TPSA) is 38.0 Å². The Hall–Kier alpha value is -0.220. The molecule has 0 bridgehead atoms. The number of rotatable bonds is 5. The van der Waals surface area contributed by atoms with Crippen LogP contribution in [-0.2, 0) is 0 Å². The van der Waals surface area contributed by atoms with Crippen molar-refractivity contribution in [2.45, 2.75) is 51.5 Å². The van der Waals surface area contributed by atoms with Gasteiger partial charge in [-0.05, 0) is 37.5 Å². The maximum atomic E-state index is 12.2. The first-order chi connectivity index (χ1) is 7.49. The second-order valence-electron chi connectivity index (χ2n) is 5.34. The summed E-state index contributed by atoms with van der Waals surface area (Å²) in [4.78, 5) is 0. The molecule has 0 unspecified atom stereocenters. The predicted octanol–water partition coefficient (Wildman–Crippen LogP) is 2.38. The van der Waals surface area contributed by atoms with Gasteiger partial charge in [0, 0.05) is 12.1 Å². The van der Waals surface area contributed by atoms with Crippen molar-refractivity contribution in [3.05, 3.63) is 0 Å². The summed E-state index contributed by atoms with van der Waals surface area (Å²) in [7, 11) is 0. The second kappa shape index (κ2) is 5.92. The van der Waals surface area contributed by atoms with E-state index in [0.717, 1.165) is 31.6 Å². The van der Waals surface area contributed by atoms with Gasteiger partial charge in [-0.3, -0.25) is 0 Å². The smallest absolute Gasteiger partial charge is 0.250 e. The maximum absolute atomic E-state index is 12.2. The molecule has 4 heteroatoms. The molecule has 0 saturated heterocycles. The fraction of sp³-hybridized carbons (Fsp3) is 1.00. The molecule has 0 aliphatic heterocycles. The Morgan fingerprint density at radius 2 is 1.88 bits per heavy atom. The van der Waals surface area contributed by atoms with Crippen LogP contribution in [0, 0.1) is 11.8 Å². The minimum absolute atomic E-state index is 0.233. The van der Waals surface area contributed by atoms with Gasteiger partial charge in [-0.2, -0.15) is 0 Å². The first-order valence-corrected chi connectivity index (χ1v) is 6.22. The number of hydrogen-bond donors (Lipinski definition) is 2. The molecule has 3 N–H and O–H groups in total. The average molecular weight is 234 g/mol. The first-order valence-electron chi connectivity index (χ1n) is 6.22. The lowest BCUT2D eigenvalue weighted by atomic mass is 9.73. The highest BCUT2D eigenvalue weighted by Gasteiger charge is 2.34. The van der Waals surface area contributed by atoms with Gasteiger partial charge in [0.05, 0.1) is 6.54 Å². The lowest BCUT2D eigenvalue weighted by Crippen LogP contribution is -2.54. The van der Waals surface area contributed by atoms with Gasteiger partial charge in [0.2, 0.25) is 0 Å². The molecular weight excluding hydrogens is 210 g/mol. The Morgan fingerprint density at radius 3 is 2.25 bits per heavy atom. The van der Waals surface area contributed by atoms with Crippen LogP contribution in [0.4, 0.5) is 8.78 Å². The SMILES string of the molecule is CC(C)C1CCC(CN)(NCC(F)F)CC1. The summed E-state index contributed by atoms with van der Waals surface area (Å²) < 4.78 is 24.4. The normalized spacial score (nSPS) is 31.3. The van der Waals surface area contributed by atoms with Crippen LogP contribution < -0.4 is 11.1 Å². The van der Waals surface area contributed by atoms with Gasteiger partial charge in [0.15, 0.2) is 0 Å². The number of alkyl halides is 2. The van der Waals surface area contributed by atoms with Crippen molar-refractivity contribution in [2.75, 3.05) is 13.1 Å². The van der Waals surface area contributed by atoms with Gasteiger partial charge in [0.25, 0.3) is 6.43 Å². The number of nitrogens with two attached hydrogens (primary N) is 1. The average Bonchev–Trinajstić information content (AvgIpc) is 2.27. The van der Waals surface area contributed by atoms with Crippen LogP contribution in [0.15, 0.2) is 0 Å². The van der Waals surface area contributed by atoms with Gasteiger partial charge in [-0.25, -0.2) is 8.78 Å². The van der Waals surface area contributed by atoms with Crippen LogP contribution >= 0.6 is 0 Å². The third kappa shape index (κ3) is 3.67. The van der Waals surface area contributed by atoms with Crippen molar-refractivity contribution in [1.82, 2.24) is 5.32 Å². The van der Waals surface area contributed by atoms with Crippen molar-refractivity contribution in [3.8, 4) is 0 Å². The number of nitrogens with one attached hydrogen (secondary N) is 1. The molecule has 0 atom stereocenters. The minimum atomic E-state index is -2.29. The summed E-state index contributed by atoms with van der Waals surface area (Å²) in [6, 6.07) is 0. The third-order valence-electron chi connectivity index (χ3n) is 3.95. The molecule has 0 heterocycles. The van der Waals surface area contributed by atoms with E-state index in [2.05, 4.69) is 19.2 Å². The van der Waals surface area contributed by atoms with Crippen molar-refractivity contribution in [2.24, 2.45) is 17.6 Å². The molecule has 1 aliphatic carbocycles. The Morgan fingerprint density at radius 1 is 1.31 bits per heavy atom. The van der Waals surface area contributed by atoms with Crippen LogP contribution in [0.3, 0.4) is 0 Å². The van der Waals surface area contributed by atoms with Gasteiger partial charge in [-0.15, -0.1) is 0 Å². The molecule has 96 valence electrons. The van der Waals surface area contributed by atoms with Crippen molar-refractivity contribution in [3.63, 3.8) is 0 Å². The molecule has 1 rings (SSSR count). The zero-order chi connectivity index (χ0) is 12.2. The summed E-state index contributed by atoms with van der Waals surface area (Å²) in [5.41, 5.74) is 5.50. The highest BCUT2D eigenvalue weighted by Crippen LogP contribution is 2.35. The molecule has 1 aliphatic rings. The summed E-state index contributed by atoms with van der Waals surface area (Å²) in [6.45, 7) is 4.69. The zero-order valence-corrected chi connectivity index (χ0v) is 10.3. The number of hydrogen-bond acceptors (Lipinski definition) is 2. The Balaban J connectivity index is 2.45. The van der Waals surface area contributed by atoms with E-state index in [9.17, 15) is 8.78 Å². The molecule has 0 amide bonds. The molecule has 0 aromatic rings. The molecule has 1 saturated carbocycles. The summed E-state index contributed by atoms with van der Waals surface area (Å²) >= 11 is 0. The highest BCUT2D eigenvalue weighted by molar-refractivity contribution is 4.94. The van der Waals surface area contributed by atoms with Crippen molar-refractivity contribution >= 4 is 0 Å². The quantitative estimate of drug-likeness (QED) is 0.766. The minimum Gasteiger partial charge on any atom is -0.329 e. The molecule has 0 spiro atoms. The van der Waals surface area contributed by atoms with E-state index in [1.807, 2.05) is 0 Å². The van der Waals surface area contributed by atoms with Gasteiger partial charge in [0.1, 0.15) is 0 Å². The largest absolute Gasteiger partial charge is 0.329 e. The standard InChI is InChI=1S/C12H24F2N2/c1-9(2)10-3-5-12(8-15,6-4-10)16-7-11(13)14/h9-11,16H,3-8,15H2,1-2H3. The summed E-state index contributed by atoms with van der Waals surface area (Å²) in [5.74, 6) is 1.42. The fourth-order valence-corrected chi connectivity index (χ4v) is 2.61. The molecule has 2 nitrogen and oxygen atoms in total. The Bertz CT molecular complexity index is 199. The molecule has 0 radical (unpaired) electrons. The second-order valence-corrected chi connectivity index (χ2v) is 5.34. The van der Waals surface area contributed by atoms with E-state index < -0.39 is 6.43 Å². The highest BCUT2D eigenvalue weighted by atomic mass is 19.3. The van der Waals surface area contributed by atoms with Gasteiger partial charge < -0.3 is 11.1 Å². The predicted molar refractivity (Wildman–Crippen MR) is 62.6 cm³/mol. The van der Waals surface area contributed by atoms with Crippen molar-refractivity contribution in [1.29, 1.82) is 0 Å². The first kappa shape index (κ1) is 13.8. The van der Waals surface area contributed by atoms with Crippen LogP contribution in [0.5, 0.6) is 0 Å². The van der Waals surface area contributed by atoms with E-state index >= 15 is 0 Å². The van der Waals surface area contributed by atoms with E-state index in [1.54, 1.807) is 0 Å². The van der Waals surface area contributed by atoms with E-state index in [1.165, 1.54) is 0 Å². The third-order valence-corrected chi connectivity index (χ3v) is 3.95.